The maximum atomic E-state index is 12.9. The van der Waals surface area contributed by atoms with Crippen molar-refractivity contribution in [3.63, 3.8) is 0 Å². The van der Waals surface area contributed by atoms with Gasteiger partial charge in [0.1, 0.15) is 0 Å². The minimum atomic E-state index is -3.97. The van der Waals surface area contributed by atoms with E-state index >= 15 is 0 Å². The molecule has 0 unspecified atom stereocenters. The summed E-state index contributed by atoms with van der Waals surface area (Å²) in [7, 11) is -2.52. The molecule has 0 N–H and O–H groups in total. The molecule has 0 aliphatic heterocycles. The van der Waals surface area contributed by atoms with Gasteiger partial charge in [-0.05, 0) is 49.2 Å². The van der Waals surface area contributed by atoms with Gasteiger partial charge in [-0.15, -0.1) is 0 Å². The minimum Gasteiger partial charge on any atom is -0.493 e. The average molecular weight is 344 g/mol. The van der Waals surface area contributed by atoms with Gasteiger partial charge < -0.3 is 9.15 Å². The number of hydrogen-bond acceptors (Lipinski definition) is 5. The van der Waals surface area contributed by atoms with Gasteiger partial charge in [-0.2, -0.15) is 0 Å². The molecule has 0 spiro atoms. The summed E-state index contributed by atoms with van der Waals surface area (Å²) in [6, 6.07) is 11.3. The SMILES string of the molecule is COc1cccc2cc(S(=O)(=O)c3cc(C)cc(C)c3)c(=O)oc12. The Bertz CT molecular complexity index is 1070. The van der Waals surface area contributed by atoms with E-state index in [-0.39, 0.29) is 15.4 Å². The molecule has 0 radical (unpaired) electrons. The number of hydrogen-bond donors (Lipinski definition) is 0. The van der Waals surface area contributed by atoms with E-state index in [2.05, 4.69) is 0 Å². The fourth-order valence-corrected chi connectivity index (χ4v) is 4.14. The first kappa shape index (κ1) is 16.3. The molecule has 0 fully saturated rings. The Labute approximate surface area is 139 Å². The van der Waals surface area contributed by atoms with Gasteiger partial charge in [0.15, 0.2) is 16.2 Å². The highest BCUT2D eigenvalue weighted by Gasteiger charge is 2.24. The van der Waals surface area contributed by atoms with Gasteiger partial charge in [-0.25, -0.2) is 13.2 Å². The Morgan fingerprint density at radius 1 is 1.00 bits per heavy atom. The zero-order chi connectivity index (χ0) is 17.5. The summed E-state index contributed by atoms with van der Waals surface area (Å²) in [6.07, 6.45) is 0. The number of para-hydroxylation sites is 1. The van der Waals surface area contributed by atoms with Crippen LogP contribution in [0.1, 0.15) is 11.1 Å². The zero-order valence-electron chi connectivity index (χ0n) is 13.5. The molecule has 3 rings (SSSR count). The first-order valence-electron chi connectivity index (χ1n) is 7.27. The molecule has 1 aromatic heterocycles. The summed E-state index contributed by atoms with van der Waals surface area (Å²) in [5.41, 5.74) is 0.927. The van der Waals surface area contributed by atoms with Gasteiger partial charge in [-0.1, -0.05) is 18.2 Å². The molecule has 2 aromatic carbocycles. The lowest BCUT2D eigenvalue weighted by molar-refractivity contribution is 0.405. The maximum absolute atomic E-state index is 12.9. The van der Waals surface area contributed by atoms with Crippen LogP contribution in [0.25, 0.3) is 11.0 Å². The lowest BCUT2D eigenvalue weighted by Gasteiger charge is -2.08. The highest BCUT2D eigenvalue weighted by molar-refractivity contribution is 7.91. The van der Waals surface area contributed by atoms with Crippen LogP contribution in [0.5, 0.6) is 5.75 Å². The number of aryl methyl sites for hydroxylation is 2. The normalized spacial score (nSPS) is 11.6. The molecule has 0 saturated carbocycles. The Morgan fingerprint density at radius 3 is 2.29 bits per heavy atom. The van der Waals surface area contributed by atoms with E-state index in [1.807, 2.05) is 6.07 Å². The van der Waals surface area contributed by atoms with Crippen LogP contribution in [0.3, 0.4) is 0 Å². The van der Waals surface area contributed by atoms with E-state index in [1.54, 1.807) is 32.0 Å². The molecular formula is C18H16O5S. The van der Waals surface area contributed by atoms with Crippen LogP contribution < -0.4 is 10.4 Å². The van der Waals surface area contributed by atoms with Crippen LogP contribution >= 0.6 is 0 Å². The van der Waals surface area contributed by atoms with E-state index in [9.17, 15) is 13.2 Å². The predicted molar refractivity (Wildman–Crippen MR) is 90.4 cm³/mol. The van der Waals surface area contributed by atoms with Crippen LogP contribution in [0.15, 0.2) is 61.5 Å². The van der Waals surface area contributed by atoms with E-state index in [4.69, 9.17) is 9.15 Å². The number of ether oxygens (including phenoxy) is 1. The maximum Gasteiger partial charge on any atom is 0.355 e. The third-order valence-corrected chi connectivity index (χ3v) is 5.43. The van der Waals surface area contributed by atoms with Gasteiger partial charge in [-0.3, -0.25) is 0 Å². The van der Waals surface area contributed by atoms with Crippen molar-refractivity contribution in [2.45, 2.75) is 23.6 Å². The second-order valence-corrected chi connectivity index (χ2v) is 7.52. The van der Waals surface area contributed by atoms with Gasteiger partial charge >= 0.3 is 5.63 Å². The summed E-state index contributed by atoms with van der Waals surface area (Å²) < 4.78 is 36.1. The van der Waals surface area contributed by atoms with Gasteiger partial charge in [0.05, 0.1) is 12.0 Å². The largest absolute Gasteiger partial charge is 0.493 e. The minimum absolute atomic E-state index is 0.0783. The fourth-order valence-electron chi connectivity index (χ4n) is 2.66. The summed E-state index contributed by atoms with van der Waals surface area (Å²) in [5.74, 6) is 0.375. The lowest BCUT2D eigenvalue weighted by atomic mass is 10.2. The summed E-state index contributed by atoms with van der Waals surface area (Å²) in [4.78, 5) is 12.0. The van der Waals surface area contributed by atoms with Crippen LogP contribution in [0, 0.1) is 13.8 Å². The van der Waals surface area contributed by atoms with Crippen molar-refractivity contribution in [3.05, 3.63) is 64.0 Å². The Hall–Kier alpha value is -2.60. The van der Waals surface area contributed by atoms with Gasteiger partial charge in [0, 0.05) is 5.39 Å². The quantitative estimate of drug-likeness (QED) is 0.682. The molecule has 0 amide bonds. The molecule has 124 valence electrons. The molecule has 3 aromatic rings. The van der Waals surface area contributed by atoms with Gasteiger partial charge in [0.25, 0.3) is 0 Å². The third kappa shape index (κ3) is 2.69. The molecule has 0 aliphatic rings. The standard InChI is InChI=1S/C18H16O5S/c1-11-7-12(2)9-14(8-11)24(20,21)16-10-13-5-4-6-15(22-3)17(13)23-18(16)19/h4-10H,1-3H3. The predicted octanol–water partition coefficient (Wildman–Crippen LogP) is 3.25. The average Bonchev–Trinajstić information content (AvgIpc) is 2.52. The van der Waals surface area contributed by atoms with Crippen LogP contribution in [0.4, 0.5) is 0 Å². The Morgan fingerprint density at radius 2 is 1.67 bits per heavy atom. The highest BCUT2D eigenvalue weighted by atomic mass is 32.2. The van der Waals surface area contributed by atoms with Crippen LogP contribution in [0.2, 0.25) is 0 Å². The van der Waals surface area contributed by atoms with E-state index < -0.39 is 15.5 Å². The van der Waals surface area contributed by atoms with Crippen molar-refractivity contribution in [2.75, 3.05) is 7.11 Å². The molecule has 6 heteroatoms. The molecule has 0 saturated heterocycles. The summed E-state index contributed by atoms with van der Waals surface area (Å²) >= 11 is 0. The van der Waals surface area contributed by atoms with E-state index in [0.717, 1.165) is 11.1 Å². The highest BCUT2D eigenvalue weighted by Crippen LogP contribution is 2.28. The number of fused-ring (bicyclic) bond motifs is 1. The van der Waals surface area contributed by atoms with E-state index in [0.29, 0.717) is 11.1 Å². The summed E-state index contributed by atoms with van der Waals surface area (Å²) in [6.45, 7) is 3.61. The number of benzene rings is 2. The molecule has 24 heavy (non-hydrogen) atoms. The van der Waals surface area contributed by atoms with Crippen molar-refractivity contribution < 1.29 is 17.6 Å². The molecule has 0 aliphatic carbocycles. The second-order valence-electron chi connectivity index (χ2n) is 5.60. The van der Waals surface area contributed by atoms with Crippen molar-refractivity contribution >= 4 is 20.8 Å². The van der Waals surface area contributed by atoms with Crippen LogP contribution in [-0.2, 0) is 9.84 Å². The zero-order valence-corrected chi connectivity index (χ0v) is 14.3. The smallest absolute Gasteiger partial charge is 0.355 e. The number of methoxy groups -OCH3 is 1. The van der Waals surface area contributed by atoms with Crippen LogP contribution in [-0.4, -0.2) is 15.5 Å². The number of sulfone groups is 1. The molecule has 0 atom stereocenters. The molecule has 5 nitrogen and oxygen atoms in total. The third-order valence-electron chi connectivity index (χ3n) is 3.71. The summed E-state index contributed by atoms with van der Waals surface area (Å²) in [5, 5.41) is 0.483. The van der Waals surface area contributed by atoms with Crippen molar-refractivity contribution in [1.29, 1.82) is 0 Å². The van der Waals surface area contributed by atoms with Crippen molar-refractivity contribution in [2.24, 2.45) is 0 Å². The first-order valence-corrected chi connectivity index (χ1v) is 8.75. The fraction of sp³-hybridized carbons (Fsp3) is 0.167. The van der Waals surface area contributed by atoms with E-state index in [1.165, 1.54) is 25.3 Å². The Balaban J connectivity index is 2.29. The van der Waals surface area contributed by atoms with Gasteiger partial charge in [0.2, 0.25) is 9.84 Å². The molecule has 0 bridgehead atoms. The monoisotopic (exact) mass is 344 g/mol. The van der Waals surface area contributed by atoms with Crippen molar-refractivity contribution in [3.8, 4) is 5.75 Å². The lowest BCUT2D eigenvalue weighted by Crippen LogP contribution is -2.14. The number of rotatable bonds is 3. The first-order chi connectivity index (χ1) is 11.3. The Kier molecular flexibility index (Phi) is 3.93. The topological polar surface area (TPSA) is 73.6 Å². The van der Waals surface area contributed by atoms with Crippen molar-refractivity contribution in [1.82, 2.24) is 0 Å². The second kappa shape index (κ2) is 5.79. The molecule has 1 heterocycles. The molecular weight excluding hydrogens is 328 g/mol.